The molecule has 2 rings (SSSR count). The number of alkyl halides is 3. The fourth-order valence-corrected chi connectivity index (χ4v) is 3.07. The van der Waals surface area contributed by atoms with Crippen molar-refractivity contribution in [2.24, 2.45) is 0 Å². The fourth-order valence-electron chi connectivity index (χ4n) is 3.07. The predicted octanol–water partition coefficient (Wildman–Crippen LogP) is 4.59. The summed E-state index contributed by atoms with van der Waals surface area (Å²) in [5.41, 5.74) is -0.864. The van der Waals surface area contributed by atoms with Gasteiger partial charge in [0.2, 0.25) is 5.78 Å². The largest absolute Gasteiger partial charge is 0.497 e. The van der Waals surface area contributed by atoms with Crippen molar-refractivity contribution >= 4 is 5.78 Å². The Balaban J connectivity index is 2.86. The van der Waals surface area contributed by atoms with Crippen LogP contribution in [0.3, 0.4) is 0 Å². The average molecular weight is 398 g/mol. The lowest BCUT2D eigenvalue weighted by Crippen LogP contribution is -2.16. The van der Waals surface area contributed by atoms with E-state index in [1.807, 2.05) is 0 Å². The molecule has 0 aliphatic rings. The first-order valence-corrected chi connectivity index (χ1v) is 8.20. The molecule has 0 aliphatic heterocycles. The summed E-state index contributed by atoms with van der Waals surface area (Å²) in [6.45, 7) is 2.87. The number of ether oxygens (including phenoxy) is 4. The van der Waals surface area contributed by atoms with E-state index in [9.17, 15) is 18.0 Å². The zero-order valence-corrected chi connectivity index (χ0v) is 16.4. The minimum atomic E-state index is -4.67. The van der Waals surface area contributed by atoms with Gasteiger partial charge >= 0.3 is 6.18 Å². The highest BCUT2D eigenvalue weighted by molar-refractivity contribution is 6.14. The molecule has 0 heterocycles. The van der Waals surface area contributed by atoms with E-state index in [4.69, 9.17) is 18.9 Å². The third-order valence-corrected chi connectivity index (χ3v) is 4.42. The van der Waals surface area contributed by atoms with Crippen LogP contribution in [-0.2, 0) is 6.18 Å². The summed E-state index contributed by atoms with van der Waals surface area (Å²) in [5, 5.41) is 0. The highest BCUT2D eigenvalue weighted by atomic mass is 19.4. The van der Waals surface area contributed by atoms with Crippen molar-refractivity contribution in [3.8, 4) is 23.0 Å². The summed E-state index contributed by atoms with van der Waals surface area (Å²) in [4.78, 5) is 13.4. The van der Waals surface area contributed by atoms with Gasteiger partial charge in [-0.25, -0.2) is 0 Å². The van der Waals surface area contributed by atoms with Gasteiger partial charge in [0.15, 0.2) is 11.5 Å². The zero-order valence-electron chi connectivity index (χ0n) is 16.4. The van der Waals surface area contributed by atoms with Crippen molar-refractivity contribution in [2.75, 3.05) is 28.4 Å². The molecule has 8 heteroatoms. The highest BCUT2D eigenvalue weighted by Crippen LogP contribution is 2.44. The monoisotopic (exact) mass is 398 g/mol. The Morgan fingerprint density at radius 3 is 1.89 bits per heavy atom. The second kappa shape index (κ2) is 8.00. The van der Waals surface area contributed by atoms with Gasteiger partial charge in [-0.15, -0.1) is 0 Å². The van der Waals surface area contributed by atoms with E-state index in [1.54, 1.807) is 13.0 Å². The van der Waals surface area contributed by atoms with Crippen molar-refractivity contribution in [3.63, 3.8) is 0 Å². The molecule has 0 aliphatic carbocycles. The molecule has 5 nitrogen and oxygen atoms in total. The van der Waals surface area contributed by atoms with Gasteiger partial charge in [-0.1, -0.05) is 0 Å². The van der Waals surface area contributed by atoms with E-state index in [-0.39, 0.29) is 33.9 Å². The Bertz CT molecular complexity index is 904. The van der Waals surface area contributed by atoms with Crippen molar-refractivity contribution < 1.29 is 36.9 Å². The van der Waals surface area contributed by atoms with Crippen LogP contribution in [0.4, 0.5) is 13.2 Å². The molecule has 0 N–H and O–H groups in total. The van der Waals surface area contributed by atoms with E-state index in [2.05, 4.69) is 0 Å². The van der Waals surface area contributed by atoms with E-state index in [0.29, 0.717) is 11.3 Å². The maximum atomic E-state index is 13.5. The van der Waals surface area contributed by atoms with E-state index >= 15 is 0 Å². The van der Waals surface area contributed by atoms with Crippen LogP contribution >= 0.6 is 0 Å². The molecular weight excluding hydrogens is 377 g/mol. The Labute approximate surface area is 161 Å². The van der Waals surface area contributed by atoms with Gasteiger partial charge in [-0.2, -0.15) is 13.2 Å². The molecule has 0 aromatic heterocycles. The fraction of sp³-hybridized carbons (Fsp3) is 0.350. The summed E-state index contributed by atoms with van der Waals surface area (Å²) >= 11 is 0. The zero-order chi connectivity index (χ0) is 21.2. The summed E-state index contributed by atoms with van der Waals surface area (Å²) in [7, 11) is 5.29. The number of rotatable bonds is 6. The molecule has 0 unspecified atom stereocenters. The van der Waals surface area contributed by atoms with Crippen LogP contribution in [-0.4, -0.2) is 34.2 Å². The first-order chi connectivity index (χ1) is 13.1. The number of carbonyl (C=O) groups is 1. The molecule has 0 saturated heterocycles. The predicted molar refractivity (Wildman–Crippen MR) is 97.0 cm³/mol. The topological polar surface area (TPSA) is 54.0 Å². The minimum absolute atomic E-state index is 0.0738. The van der Waals surface area contributed by atoms with Gasteiger partial charge in [0, 0.05) is 6.07 Å². The van der Waals surface area contributed by atoms with Crippen LogP contribution in [0.1, 0.15) is 32.6 Å². The van der Waals surface area contributed by atoms with Gasteiger partial charge in [0.25, 0.3) is 0 Å². The lowest BCUT2D eigenvalue weighted by Gasteiger charge is -2.21. The molecule has 28 heavy (non-hydrogen) atoms. The van der Waals surface area contributed by atoms with Gasteiger partial charge in [0.1, 0.15) is 11.5 Å². The number of benzene rings is 2. The number of methoxy groups -OCH3 is 4. The minimum Gasteiger partial charge on any atom is -0.497 e. The lowest BCUT2D eigenvalue weighted by atomic mass is 9.91. The normalized spacial score (nSPS) is 11.2. The van der Waals surface area contributed by atoms with Gasteiger partial charge in [0.05, 0.1) is 45.1 Å². The van der Waals surface area contributed by atoms with Gasteiger partial charge in [-0.3, -0.25) is 4.79 Å². The molecule has 0 saturated carbocycles. The SMILES string of the molecule is COc1cc(C)c(C(=O)c2c(C)c(C(F)(F)F)cc(OC)c2OC)c(OC)c1. The second-order valence-corrected chi connectivity index (χ2v) is 6.01. The molecule has 0 fully saturated rings. The van der Waals surface area contributed by atoms with Crippen LogP contribution in [0.25, 0.3) is 0 Å². The average Bonchev–Trinajstić information content (AvgIpc) is 2.64. The molecule has 2 aromatic carbocycles. The summed E-state index contributed by atoms with van der Waals surface area (Å²) in [6.07, 6.45) is -4.67. The molecule has 0 bridgehead atoms. The summed E-state index contributed by atoms with van der Waals surface area (Å²) in [6, 6.07) is 3.92. The van der Waals surface area contributed by atoms with Crippen molar-refractivity contribution in [3.05, 3.63) is 46.0 Å². The van der Waals surface area contributed by atoms with Crippen LogP contribution in [0, 0.1) is 13.8 Å². The highest BCUT2D eigenvalue weighted by Gasteiger charge is 2.37. The van der Waals surface area contributed by atoms with Crippen LogP contribution in [0.2, 0.25) is 0 Å². The number of halogens is 3. The van der Waals surface area contributed by atoms with Crippen molar-refractivity contribution in [1.29, 1.82) is 0 Å². The quantitative estimate of drug-likeness (QED) is 0.667. The Hall–Kier alpha value is -2.90. The standard InChI is InChI=1S/C20H21F3O5/c1-10-7-12(25-3)8-14(26-4)16(10)18(24)17-11(2)13(20(21,22)23)9-15(27-5)19(17)28-6/h7-9H,1-6H3. The molecule has 152 valence electrons. The lowest BCUT2D eigenvalue weighted by molar-refractivity contribution is -0.138. The number of aryl methyl sites for hydroxylation is 1. The molecular formula is C20H21F3O5. The molecule has 0 atom stereocenters. The number of ketones is 1. The Morgan fingerprint density at radius 2 is 1.43 bits per heavy atom. The van der Waals surface area contributed by atoms with E-state index in [1.165, 1.54) is 41.4 Å². The van der Waals surface area contributed by atoms with Crippen molar-refractivity contribution in [2.45, 2.75) is 20.0 Å². The van der Waals surface area contributed by atoms with Crippen LogP contribution < -0.4 is 18.9 Å². The second-order valence-electron chi connectivity index (χ2n) is 6.01. The molecule has 0 radical (unpaired) electrons. The van der Waals surface area contributed by atoms with Gasteiger partial charge < -0.3 is 18.9 Å². The molecule has 0 amide bonds. The van der Waals surface area contributed by atoms with Crippen LogP contribution in [0.15, 0.2) is 18.2 Å². The van der Waals surface area contributed by atoms with E-state index < -0.39 is 17.5 Å². The third kappa shape index (κ3) is 3.72. The summed E-state index contributed by atoms with van der Waals surface area (Å²) in [5.74, 6) is -0.296. The number of hydrogen-bond donors (Lipinski definition) is 0. The maximum Gasteiger partial charge on any atom is 0.416 e. The maximum absolute atomic E-state index is 13.5. The first-order valence-electron chi connectivity index (χ1n) is 8.20. The third-order valence-electron chi connectivity index (χ3n) is 4.42. The number of hydrogen-bond acceptors (Lipinski definition) is 5. The van der Waals surface area contributed by atoms with E-state index in [0.717, 1.165) is 6.07 Å². The molecule has 0 spiro atoms. The molecule has 2 aromatic rings. The Kier molecular flexibility index (Phi) is 6.11. The van der Waals surface area contributed by atoms with Gasteiger partial charge in [-0.05, 0) is 37.1 Å². The van der Waals surface area contributed by atoms with Crippen LogP contribution in [0.5, 0.6) is 23.0 Å². The number of carbonyl (C=O) groups excluding carboxylic acids is 1. The summed E-state index contributed by atoms with van der Waals surface area (Å²) < 4.78 is 61.3. The first kappa shape index (κ1) is 21.4. The Morgan fingerprint density at radius 1 is 0.821 bits per heavy atom. The smallest absolute Gasteiger partial charge is 0.416 e. The van der Waals surface area contributed by atoms with Crippen molar-refractivity contribution in [1.82, 2.24) is 0 Å².